The van der Waals surface area contributed by atoms with Gasteiger partial charge in [-0.1, -0.05) is 19.3 Å². The van der Waals surface area contributed by atoms with Crippen molar-refractivity contribution in [2.75, 3.05) is 59.0 Å². The predicted molar refractivity (Wildman–Crippen MR) is 153 cm³/mol. The van der Waals surface area contributed by atoms with Crippen LogP contribution in [0, 0.1) is 11.8 Å². The molecule has 1 saturated carbocycles. The number of amides is 1. The highest BCUT2D eigenvalue weighted by molar-refractivity contribution is 7.89. The van der Waals surface area contributed by atoms with E-state index in [4.69, 9.17) is 10.5 Å². The van der Waals surface area contributed by atoms with Gasteiger partial charge in [-0.15, -0.1) is 0 Å². The highest BCUT2D eigenvalue weighted by Crippen LogP contribution is 2.36. The van der Waals surface area contributed by atoms with E-state index in [1.807, 2.05) is 9.91 Å². The second-order valence-electron chi connectivity index (χ2n) is 12.9. The fourth-order valence-electron chi connectivity index (χ4n) is 8.28. The van der Waals surface area contributed by atoms with Gasteiger partial charge in [0.25, 0.3) is 0 Å². The van der Waals surface area contributed by atoms with Crippen molar-refractivity contribution >= 4 is 15.9 Å². The van der Waals surface area contributed by atoms with Gasteiger partial charge in [-0.05, 0) is 44.7 Å². The summed E-state index contributed by atoms with van der Waals surface area (Å²) in [6.07, 6.45) is 2.71. The Balaban J connectivity index is 1.10. The van der Waals surface area contributed by atoms with Crippen molar-refractivity contribution in [1.82, 2.24) is 35.6 Å². The van der Waals surface area contributed by atoms with E-state index in [1.165, 1.54) is 10.7 Å². The zero-order chi connectivity index (χ0) is 29.4. The Morgan fingerprint density at radius 2 is 1.60 bits per heavy atom. The average Bonchev–Trinajstić information content (AvgIpc) is 3.34. The van der Waals surface area contributed by atoms with Crippen LogP contribution in [-0.2, 0) is 19.6 Å². The zero-order valence-electron chi connectivity index (χ0n) is 24.3. The summed E-state index contributed by atoms with van der Waals surface area (Å²) >= 11 is 0. The number of carbonyl (C=O) groups is 1. The molecule has 6 rings (SSSR count). The van der Waals surface area contributed by atoms with Crippen molar-refractivity contribution in [3.8, 4) is 0 Å². The molecular weight excluding hydrogens is 570 g/mol. The maximum Gasteiger partial charge on any atom is 0.229 e. The summed E-state index contributed by atoms with van der Waals surface area (Å²) < 4.78 is 63.9. The number of likely N-dealkylation sites (tertiary alicyclic amines) is 1. The van der Waals surface area contributed by atoms with E-state index >= 15 is 8.78 Å². The lowest BCUT2D eigenvalue weighted by atomic mass is 9.80. The second kappa shape index (κ2) is 13.1. The Morgan fingerprint density at radius 1 is 0.905 bits per heavy atom. The third-order valence-electron chi connectivity index (χ3n) is 10.4. The summed E-state index contributed by atoms with van der Waals surface area (Å²) in [6, 6.07) is -1.43. The fraction of sp³-hybridized carbons (Fsp3) is 0.963. The highest BCUT2D eigenvalue weighted by atomic mass is 32.2. The first-order chi connectivity index (χ1) is 20.3. The Kier molecular flexibility index (Phi) is 9.68. The number of nitrogens with two attached hydrogens (primary N) is 1. The topological polar surface area (TPSA) is 144 Å². The minimum absolute atomic E-state index is 0.170. The number of sulfonamides is 1. The smallest absolute Gasteiger partial charge is 0.229 e. The van der Waals surface area contributed by atoms with Gasteiger partial charge in [0.15, 0.2) is 0 Å². The molecule has 0 spiro atoms. The van der Waals surface area contributed by atoms with Gasteiger partial charge in [-0.25, -0.2) is 27.6 Å². The molecule has 0 aromatic heterocycles. The van der Waals surface area contributed by atoms with Crippen LogP contribution in [0.5, 0.6) is 0 Å². The maximum atomic E-state index is 15.5. The first-order valence-electron chi connectivity index (χ1n) is 15.9. The molecule has 240 valence electrons. The third-order valence-corrected chi connectivity index (χ3v) is 12.8. The molecule has 6 fully saturated rings. The quantitative estimate of drug-likeness (QED) is 0.248. The number of hydrogen-bond acceptors (Lipinski definition) is 10. The zero-order valence-corrected chi connectivity index (χ0v) is 25.1. The van der Waals surface area contributed by atoms with Gasteiger partial charge < -0.3 is 21.1 Å². The minimum atomic E-state index is -3.44. The van der Waals surface area contributed by atoms with Gasteiger partial charge in [-0.3, -0.25) is 15.0 Å². The third kappa shape index (κ3) is 6.10. The van der Waals surface area contributed by atoms with Crippen molar-refractivity contribution in [2.45, 2.75) is 93.0 Å². The summed E-state index contributed by atoms with van der Waals surface area (Å²) in [5, 5.41) is 10.8. The Labute approximate surface area is 247 Å². The van der Waals surface area contributed by atoms with E-state index in [0.717, 1.165) is 25.7 Å². The molecule has 0 aromatic rings. The van der Waals surface area contributed by atoms with E-state index in [2.05, 4.69) is 21.4 Å². The molecule has 0 aromatic carbocycles. The molecule has 42 heavy (non-hydrogen) atoms. The molecule has 12 nitrogen and oxygen atoms in total. The first-order valence-corrected chi connectivity index (χ1v) is 17.4. The lowest BCUT2D eigenvalue weighted by Gasteiger charge is -2.46. The molecule has 0 radical (unpaired) electrons. The van der Waals surface area contributed by atoms with E-state index in [1.54, 1.807) is 0 Å². The van der Waals surface area contributed by atoms with E-state index in [9.17, 15) is 13.2 Å². The number of nitrogens with one attached hydrogen (secondary N) is 4. The number of hydrogen-bond donors (Lipinski definition) is 5. The number of rotatable bonds is 6. The van der Waals surface area contributed by atoms with Gasteiger partial charge in [-0.2, -0.15) is 4.31 Å². The van der Waals surface area contributed by atoms with Crippen LogP contribution in [0.3, 0.4) is 0 Å². The molecule has 8 unspecified atom stereocenters. The fourth-order valence-corrected chi connectivity index (χ4v) is 10.2. The summed E-state index contributed by atoms with van der Waals surface area (Å²) in [7, 11) is -3.44. The Bertz CT molecular complexity index is 1040. The van der Waals surface area contributed by atoms with Crippen LogP contribution >= 0.6 is 0 Å². The van der Waals surface area contributed by atoms with Crippen molar-refractivity contribution < 1.29 is 26.7 Å². The molecule has 5 heterocycles. The van der Waals surface area contributed by atoms with Crippen LogP contribution in [0.15, 0.2) is 0 Å². The maximum absolute atomic E-state index is 15.5. The lowest BCUT2D eigenvalue weighted by Crippen LogP contribution is -2.68. The van der Waals surface area contributed by atoms with Gasteiger partial charge in [0.05, 0.1) is 54.8 Å². The number of halogens is 2. The standard InChI is InChI=1S/C27H48F2N8O4S/c28-19-14-31-16-21(24(19)35-8-6-18(7-9-35)42(39,40)36-10-12-41-13-11-36)33-27(38)22-25(30)34-37-23(17-4-2-1-3-5-17)20(29)15-32-26(22)37/h17-26,31-32,34H,1-16,30H2,(H,33,38). The molecule has 15 heteroatoms. The number of nitrogens with zero attached hydrogens (tertiary/aromatic N) is 3. The van der Waals surface area contributed by atoms with Crippen LogP contribution in [0.25, 0.3) is 0 Å². The van der Waals surface area contributed by atoms with Crippen molar-refractivity contribution in [3.63, 3.8) is 0 Å². The van der Waals surface area contributed by atoms with E-state index < -0.39 is 57.9 Å². The Hall–Kier alpha value is -1.04. The van der Waals surface area contributed by atoms with Crippen LogP contribution in [-0.4, -0.2) is 136 Å². The lowest BCUT2D eigenvalue weighted by molar-refractivity contribution is -0.129. The molecule has 6 aliphatic rings. The summed E-state index contributed by atoms with van der Waals surface area (Å²) in [5.41, 5.74) is 9.67. The number of morpholine rings is 1. The monoisotopic (exact) mass is 618 g/mol. The number of hydrazine groups is 1. The molecule has 1 aliphatic carbocycles. The molecule has 5 saturated heterocycles. The summed E-state index contributed by atoms with van der Waals surface area (Å²) in [4.78, 5) is 15.8. The molecule has 0 bridgehead atoms. The number of piperidine rings is 2. The van der Waals surface area contributed by atoms with Gasteiger partial charge in [0, 0.05) is 32.7 Å². The molecule has 6 N–H and O–H groups in total. The number of fused-ring (bicyclic) bond motifs is 1. The molecular formula is C27H48F2N8O4S. The molecule has 1 amide bonds. The average molecular weight is 619 g/mol. The number of carbonyl (C=O) groups excluding carboxylic acids is 1. The number of ether oxygens (including phenoxy) is 1. The van der Waals surface area contributed by atoms with E-state index in [0.29, 0.717) is 58.8 Å². The normalized spacial score (nSPS) is 40.5. The van der Waals surface area contributed by atoms with Gasteiger partial charge in [0.1, 0.15) is 12.3 Å². The minimum Gasteiger partial charge on any atom is -0.379 e. The SMILES string of the molecule is NC1NN2C(NCC(F)C2C2CCCCC2)C1C(=O)NC1CNCC(F)C1N1CCC(S(=O)(=O)N2CCOCC2)CC1. The highest BCUT2D eigenvalue weighted by Gasteiger charge is 2.53. The van der Waals surface area contributed by atoms with Crippen LogP contribution < -0.4 is 27.1 Å². The predicted octanol–water partition coefficient (Wildman–Crippen LogP) is -1.15. The van der Waals surface area contributed by atoms with Gasteiger partial charge in [0.2, 0.25) is 15.9 Å². The van der Waals surface area contributed by atoms with E-state index in [-0.39, 0.29) is 31.0 Å². The van der Waals surface area contributed by atoms with Crippen LogP contribution in [0.2, 0.25) is 0 Å². The van der Waals surface area contributed by atoms with Crippen molar-refractivity contribution in [3.05, 3.63) is 0 Å². The largest absolute Gasteiger partial charge is 0.379 e. The molecule has 8 atom stereocenters. The first kappa shape index (κ1) is 31.0. The molecule has 5 aliphatic heterocycles. The van der Waals surface area contributed by atoms with Crippen molar-refractivity contribution in [2.24, 2.45) is 17.6 Å². The van der Waals surface area contributed by atoms with Crippen molar-refractivity contribution in [1.29, 1.82) is 0 Å². The summed E-state index contributed by atoms with van der Waals surface area (Å²) in [6.45, 7) is 3.17. The van der Waals surface area contributed by atoms with Crippen LogP contribution in [0.4, 0.5) is 8.78 Å². The second-order valence-corrected chi connectivity index (χ2v) is 15.1. The number of alkyl halides is 2. The van der Waals surface area contributed by atoms with Gasteiger partial charge >= 0.3 is 0 Å². The Morgan fingerprint density at radius 3 is 2.31 bits per heavy atom. The summed E-state index contributed by atoms with van der Waals surface area (Å²) in [5.74, 6) is -0.743. The van der Waals surface area contributed by atoms with Crippen LogP contribution in [0.1, 0.15) is 44.9 Å².